The minimum absolute atomic E-state index is 0.142. The number of nitrogens with one attached hydrogen (secondary N) is 1. The van der Waals surface area contributed by atoms with Crippen LogP contribution in [-0.2, 0) is 6.54 Å². The highest BCUT2D eigenvalue weighted by Crippen LogP contribution is 2.25. The van der Waals surface area contributed by atoms with Crippen molar-refractivity contribution in [1.82, 2.24) is 5.32 Å². The van der Waals surface area contributed by atoms with Crippen LogP contribution in [0, 0.1) is 5.82 Å². The Hall–Kier alpha value is -1.09. The minimum Gasteiger partial charge on any atom is -0.371 e. The summed E-state index contributed by atoms with van der Waals surface area (Å²) in [6.45, 7) is 7.15. The fraction of sp³-hybridized carbons (Fsp3) is 0.600. The van der Waals surface area contributed by atoms with E-state index in [9.17, 15) is 4.39 Å². The van der Waals surface area contributed by atoms with Crippen LogP contribution in [0.2, 0.25) is 0 Å². The summed E-state index contributed by atoms with van der Waals surface area (Å²) in [5, 5.41) is 3.38. The van der Waals surface area contributed by atoms with E-state index in [0.29, 0.717) is 6.04 Å². The maximum absolute atomic E-state index is 13.4. The first kappa shape index (κ1) is 13.3. The molecule has 1 aromatic carbocycles. The van der Waals surface area contributed by atoms with Gasteiger partial charge in [0.25, 0.3) is 0 Å². The van der Waals surface area contributed by atoms with Gasteiger partial charge < -0.3 is 10.2 Å². The fourth-order valence-corrected chi connectivity index (χ4v) is 2.45. The van der Waals surface area contributed by atoms with Crippen LogP contribution in [0.15, 0.2) is 18.2 Å². The topological polar surface area (TPSA) is 15.3 Å². The third-order valence-electron chi connectivity index (χ3n) is 3.44. The monoisotopic (exact) mass is 250 g/mol. The molecule has 1 N–H and O–H groups in total. The Morgan fingerprint density at radius 3 is 2.61 bits per heavy atom. The van der Waals surface area contributed by atoms with Crippen molar-refractivity contribution in [3.05, 3.63) is 29.6 Å². The van der Waals surface area contributed by atoms with Crippen LogP contribution in [0.1, 0.15) is 38.7 Å². The summed E-state index contributed by atoms with van der Waals surface area (Å²) in [4.78, 5) is 2.39. The van der Waals surface area contributed by atoms with Gasteiger partial charge in [-0.3, -0.25) is 0 Å². The minimum atomic E-state index is -0.142. The molecule has 2 nitrogen and oxygen atoms in total. The molecule has 100 valence electrons. The molecule has 0 aliphatic carbocycles. The van der Waals surface area contributed by atoms with Crippen molar-refractivity contribution in [2.24, 2.45) is 0 Å². The van der Waals surface area contributed by atoms with E-state index in [4.69, 9.17) is 0 Å². The number of halogens is 1. The van der Waals surface area contributed by atoms with E-state index >= 15 is 0 Å². The highest BCUT2D eigenvalue weighted by molar-refractivity contribution is 5.54. The van der Waals surface area contributed by atoms with Crippen LogP contribution in [0.5, 0.6) is 0 Å². The number of hydrogen-bond donors (Lipinski definition) is 1. The first-order chi connectivity index (χ1) is 8.66. The van der Waals surface area contributed by atoms with Gasteiger partial charge in [0, 0.05) is 31.4 Å². The SMILES string of the molecule is CC(C)NCc1cc(F)ccc1N1CCCCC1. The molecule has 0 atom stereocenters. The lowest BCUT2D eigenvalue weighted by molar-refractivity contribution is 0.561. The van der Waals surface area contributed by atoms with Gasteiger partial charge in [-0.25, -0.2) is 4.39 Å². The van der Waals surface area contributed by atoms with E-state index in [-0.39, 0.29) is 5.82 Å². The van der Waals surface area contributed by atoms with E-state index < -0.39 is 0 Å². The molecule has 0 saturated carbocycles. The van der Waals surface area contributed by atoms with Gasteiger partial charge in [0.05, 0.1) is 0 Å². The molecule has 1 aliphatic heterocycles. The Labute approximate surface area is 109 Å². The summed E-state index contributed by atoms with van der Waals surface area (Å²) < 4.78 is 13.4. The summed E-state index contributed by atoms with van der Waals surface area (Å²) in [6.07, 6.45) is 3.81. The normalized spacial score (nSPS) is 16.3. The van der Waals surface area contributed by atoms with Gasteiger partial charge in [-0.05, 0) is 43.0 Å². The molecule has 3 heteroatoms. The molecule has 0 bridgehead atoms. The molecule has 18 heavy (non-hydrogen) atoms. The maximum Gasteiger partial charge on any atom is 0.123 e. The largest absolute Gasteiger partial charge is 0.371 e. The summed E-state index contributed by atoms with van der Waals surface area (Å²) in [5.41, 5.74) is 2.27. The van der Waals surface area contributed by atoms with Crippen LogP contribution in [0.3, 0.4) is 0 Å². The summed E-state index contributed by atoms with van der Waals surface area (Å²) in [6, 6.07) is 5.59. The number of hydrogen-bond acceptors (Lipinski definition) is 2. The molecule has 1 heterocycles. The number of nitrogens with zero attached hydrogens (tertiary/aromatic N) is 1. The zero-order chi connectivity index (χ0) is 13.0. The van der Waals surface area contributed by atoms with Gasteiger partial charge in [-0.1, -0.05) is 13.8 Å². The molecule has 0 radical (unpaired) electrons. The fourth-order valence-electron chi connectivity index (χ4n) is 2.45. The number of benzene rings is 1. The lowest BCUT2D eigenvalue weighted by atomic mass is 10.1. The molecule has 1 aromatic rings. The quantitative estimate of drug-likeness (QED) is 0.882. The molecule has 1 fully saturated rings. The van der Waals surface area contributed by atoms with Crippen molar-refractivity contribution in [1.29, 1.82) is 0 Å². The van der Waals surface area contributed by atoms with Crippen LogP contribution in [0.4, 0.5) is 10.1 Å². The Bertz CT molecular complexity index is 384. The molecule has 1 saturated heterocycles. The van der Waals surface area contributed by atoms with E-state index in [2.05, 4.69) is 24.1 Å². The van der Waals surface area contributed by atoms with Gasteiger partial charge in [0.15, 0.2) is 0 Å². The van der Waals surface area contributed by atoms with Gasteiger partial charge in [-0.2, -0.15) is 0 Å². The van der Waals surface area contributed by atoms with Crippen LogP contribution in [0.25, 0.3) is 0 Å². The highest BCUT2D eigenvalue weighted by atomic mass is 19.1. The number of anilines is 1. The van der Waals surface area contributed by atoms with Gasteiger partial charge in [-0.15, -0.1) is 0 Å². The predicted molar refractivity (Wildman–Crippen MR) is 74.4 cm³/mol. The van der Waals surface area contributed by atoms with Crippen molar-refractivity contribution >= 4 is 5.69 Å². The molecule has 0 unspecified atom stereocenters. The zero-order valence-electron chi connectivity index (χ0n) is 11.4. The van der Waals surface area contributed by atoms with Crippen LogP contribution < -0.4 is 10.2 Å². The summed E-state index contributed by atoms with van der Waals surface area (Å²) in [7, 11) is 0. The molecule has 0 aromatic heterocycles. The third-order valence-corrected chi connectivity index (χ3v) is 3.44. The molecule has 0 spiro atoms. The second-order valence-corrected chi connectivity index (χ2v) is 5.36. The molecular weight excluding hydrogens is 227 g/mol. The molecular formula is C15H23FN2. The van der Waals surface area contributed by atoms with Crippen molar-refractivity contribution < 1.29 is 4.39 Å². The number of rotatable bonds is 4. The van der Waals surface area contributed by atoms with Crippen molar-refractivity contribution in [3.8, 4) is 0 Å². The predicted octanol–water partition coefficient (Wildman–Crippen LogP) is 3.31. The average molecular weight is 250 g/mol. The highest BCUT2D eigenvalue weighted by Gasteiger charge is 2.15. The third kappa shape index (κ3) is 3.45. The van der Waals surface area contributed by atoms with E-state index in [1.807, 2.05) is 6.07 Å². The maximum atomic E-state index is 13.4. The van der Waals surface area contributed by atoms with Crippen LogP contribution >= 0.6 is 0 Å². The average Bonchev–Trinajstić information content (AvgIpc) is 2.37. The second kappa shape index (κ2) is 6.19. The smallest absolute Gasteiger partial charge is 0.123 e. The lowest BCUT2D eigenvalue weighted by Crippen LogP contribution is -2.31. The van der Waals surface area contributed by atoms with Gasteiger partial charge in [0.1, 0.15) is 5.82 Å². The summed E-state index contributed by atoms with van der Waals surface area (Å²) >= 11 is 0. The van der Waals surface area contributed by atoms with Gasteiger partial charge in [0.2, 0.25) is 0 Å². The molecule has 1 aliphatic rings. The van der Waals surface area contributed by atoms with Crippen LogP contribution in [-0.4, -0.2) is 19.1 Å². The molecule has 2 rings (SSSR count). The zero-order valence-corrected chi connectivity index (χ0v) is 11.4. The number of piperidine rings is 1. The van der Waals surface area contributed by atoms with E-state index in [1.54, 1.807) is 12.1 Å². The van der Waals surface area contributed by atoms with Crippen molar-refractivity contribution in [3.63, 3.8) is 0 Å². The Morgan fingerprint density at radius 2 is 1.94 bits per heavy atom. The summed E-state index contributed by atoms with van der Waals surface area (Å²) in [5.74, 6) is -0.142. The second-order valence-electron chi connectivity index (χ2n) is 5.36. The van der Waals surface area contributed by atoms with Crippen molar-refractivity contribution in [2.75, 3.05) is 18.0 Å². The van der Waals surface area contributed by atoms with E-state index in [0.717, 1.165) is 25.2 Å². The van der Waals surface area contributed by atoms with E-state index in [1.165, 1.54) is 24.9 Å². The Morgan fingerprint density at radius 1 is 1.22 bits per heavy atom. The first-order valence-electron chi connectivity index (χ1n) is 6.93. The molecule has 0 amide bonds. The van der Waals surface area contributed by atoms with Crippen molar-refractivity contribution in [2.45, 2.75) is 45.7 Å². The lowest BCUT2D eigenvalue weighted by Gasteiger charge is -2.31. The standard InChI is InChI=1S/C15H23FN2/c1-12(2)17-11-13-10-14(16)6-7-15(13)18-8-4-3-5-9-18/h6-7,10,12,17H,3-5,8-9,11H2,1-2H3. The van der Waals surface area contributed by atoms with Gasteiger partial charge >= 0.3 is 0 Å². The Kier molecular flexibility index (Phi) is 4.59. The Balaban J connectivity index is 2.16. The first-order valence-corrected chi connectivity index (χ1v) is 6.93.